The average molecular weight is 603 g/mol. The molecule has 2 saturated heterocycles. The second-order valence-corrected chi connectivity index (χ2v) is 10.3. The van der Waals surface area contributed by atoms with Crippen molar-refractivity contribution in [3.05, 3.63) is 66.5 Å². The van der Waals surface area contributed by atoms with Gasteiger partial charge in [0.2, 0.25) is 12.6 Å². The van der Waals surface area contributed by atoms with Gasteiger partial charge in [-0.1, -0.05) is 18.2 Å². The van der Waals surface area contributed by atoms with Gasteiger partial charge in [0.25, 0.3) is 0 Å². The summed E-state index contributed by atoms with van der Waals surface area (Å²) >= 11 is 0. The van der Waals surface area contributed by atoms with Gasteiger partial charge in [-0.2, -0.15) is 0 Å². The normalized spacial score (nSPS) is 32.0. The molecule has 8 atom stereocenters. The van der Waals surface area contributed by atoms with E-state index in [1.165, 1.54) is 30.3 Å². The molecule has 43 heavy (non-hydrogen) atoms. The Morgan fingerprint density at radius 2 is 1.86 bits per heavy atom. The van der Waals surface area contributed by atoms with E-state index in [1.807, 2.05) is 0 Å². The van der Waals surface area contributed by atoms with Crippen LogP contribution in [0.5, 0.6) is 17.2 Å². The third-order valence-electron chi connectivity index (χ3n) is 7.62. The maximum Gasteiger partial charge on any atom is 0.343 e. The first-order valence-electron chi connectivity index (χ1n) is 13.2. The van der Waals surface area contributed by atoms with Gasteiger partial charge < -0.3 is 59.4 Å². The van der Waals surface area contributed by atoms with Crippen molar-refractivity contribution in [2.75, 3.05) is 13.2 Å². The summed E-state index contributed by atoms with van der Waals surface area (Å²) in [6.07, 6.45) is -7.79. The summed E-state index contributed by atoms with van der Waals surface area (Å²) in [5.74, 6) is -4.40. The average Bonchev–Trinajstić information content (AvgIpc) is 2.96. The van der Waals surface area contributed by atoms with Crippen molar-refractivity contribution in [2.24, 2.45) is 5.92 Å². The highest BCUT2D eigenvalue weighted by molar-refractivity contribution is 6.00. The lowest BCUT2D eigenvalue weighted by Gasteiger charge is -2.47. The van der Waals surface area contributed by atoms with Crippen LogP contribution in [0, 0.1) is 5.92 Å². The summed E-state index contributed by atoms with van der Waals surface area (Å²) in [5.41, 5.74) is -2.25. The van der Waals surface area contributed by atoms with Gasteiger partial charge in [-0.25, -0.2) is 9.59 Å². The molecule has 3 aliphatic heterocycles. The lowest BCUT2D eigenvalue weighted by molar-refractivity contribution is -0.343. The van der Waals surface area contributed by atoms with Crippen LogP contribution in [0.4, 0.5) is 0 Å². The third kappa shape index (κ3) is 5.51. The molecule has 0 amide bonds. The fraction of sp³-hybridized carbons (Fsp3) is 0.379. The van der Waals surface area contributed by atoms with Crippen LogP contribution in [-0.4, -0.2) is 103 Å². The number of phenolic OH excluding ortho intramolecular Hbond substituents is 3. The Labute approximate surface area is 244 Å². The van der Waals surface area contributed by atoms with Crippen LogP contribution in [-0.2, 0) is 28.5 Å². The quantitative estimate of drug-likeness (QED) is 0.166. The van der Waals surface area contributed by atoms with Crippen molar-refractivity contribution in [1.82, 2.24) is 0 Å². The molecular formula is C29H30O14. The second-order valence-electron chi connectivity index (χ2n) is 10.3. The first-order chi connectivity index (χ1) is 20.5. The number of esters is 2. The summed E-state index contributed by atoms with van der Waals surface area (Å²) in [4.78, 5) is 25.8. The van der Waals surface area contributed by atoms with Crippen molar-refractivity contribution in [3.63, 3.8) is 0 Å². The molecule has 0 aliphatic carbocycles. The zero-order valence-corrected chi connectivity index (χ0v) is 22.5. The minimum atomic E-state index is -1.90. The molecule has 8 unspecified atom stereocenters. The van der Waals surface area contributed by atoms with Crippen molar-refractivity contribution in [2.45, 2.75) is 49.0 Å². The SMILES string of the molecule is C=CC1C(OC2OC(CO)C(O)C(O)C2OC(=O)c2c(O)cc(O)cc2-c2cccc(O)c2)OC=C2C(=O)OCCC21O. The van der Waals surface area contributed by atoms with Crippen LogP contribution in [0.3, 0.4) is 0 Å². The van der Waals surface area contributed by atoms with Crippen molar-refractivity contribution in [1.29, 1.82) is 0 Å². The molecule has 3 aliphatic rings. The van der Waals surface area contributed by atoms with E-state index in [9.17, 15) is 45.3 Å². The van der Waals surface area contributed by atoms with Gasteiger partial charge in [0.05, 0.1) is 25.4 Å². The largest absolute Gasteiger partial charge is 0.508 e. The van der Waals surface area contributed by atoms with Gasteiger partial charge in [-0.15, -0.1) is 6.58 Å². The Balaban J connectivity index is 1.48. The van der Waals surface area contributed by atoms with Crippen LogP contribution in [0.2, 0.25) is 0 Å². The molecular weight excluding hydrogens is 572 g/mol. The Bertz CT molecular complexity index is 1440. The third-order valence-corrected chi connectivity index (χ3v) is 7.62. The standard InChI is InChI=1S/C29H30O14/c1-2-17-27(40-12-18-25(36)39-7-6-29(17,18)38)43-28-24(23(35)22(34)20(11-30)41-28)42-26(37)21-16(9-15(32)10-19(21)33)13-4-3-5-14(31)8-13/h2-5,8-10,12,17,20,22-24,27-28,30-35,38H,1,6-7,11H2. The van der Waals surface area contributed by atoms with Gasteiger partial charge in [-0.3, -0.25) is 0 Å². The van der Waals surface area contributed by atoms with Crippen LogP contribution >= 0.6 is 0 Å². The zero-order valence-electron chi connectivity index (χ0n) is 22.5. The number of hydrogen-bond acceptors (Lipinski definition) is 14. The van der Waals surface area contributed by atoms with Crippen molar-refractivity contribution in [3.8, 4) is 28.4 Å². The number of ether oxygens (including phenoxy) is 5. The molecule has 2 aromatic rings. The van der Waals surface area contributed by atoms with Gasteiger partial charge in [-0.05, 0) is 23.8 Å². The van der Waals surface area contributed by atoms with Gasteiger partial charge in [0.15, 0.2) is 6.10 Å². The van der Waals surface area contributed by atoms with Crippen molar-refractivity contribution < 1.29 is 69.0 Å². The van der Waals surface area contributed by atoms with Crippen LogP contribution in [0.15, 0.2) is 60.9 Å². The fourth-order valence-corrected chi connectivity index (χ4v) is 5.39. The van der Waals surface area contributed by atoms with E-state index < -0.39 is 84.1 Å². The minimum absolute atomic E-state index is 0.0209. The molecule has 14 nitrogen and oxygen atoms in total. The van der Waals surface area contributed by atoms with E-state index in [1.54, 1.807) is 0 Å². The number of fused-ring (bicyclic) bond motifs is 1. The smallest absolute Gasteiger partial charge is 0.343 e. The molecule has 0 saturated carbocycles. The highest BCUT2D eigenvalue weighted by Crippen LogP contribution is 2.43. The molecule has 2 fully saturated rings. The minimum Gasteiger partial charge on any atom is -0.508 e. The number of carbonyl (C=O) groups is 2. The number of aromatic hydroxyl groups is 3. The number of rotatable bonds is 7. The number of hydrogen-bond donors (Lipinski definition) is 7. The monoisotopic (exact) mass is 602 g/mol. The van der Waals surface area contributed by atoms with E-state index >= 15 is 0 Å². The summed E-state index contributed by atoms with van der Waals surface area (Å²) in [5, 5.41) is 73.2. The fourth-order valence-electron chi connectivity index (χ4n) is 5.39. The van der Waals surface area contributed by atoms with Crippen LogP contribution in [0.1, 0.15) is 16.8 Å². The van der Waals surface area contributed by atoms with E-state index in [2.05, 4.69) is 6.58 Å². The molecule has 230 valence electrons. The molecule has 0 radical (unpaired) electrons. The van der Waals surface area contributed by atoms with Gasteiger partial charge in [0, 0.05) is 18.1 Å². The summed E-state index contributed by atoms with van der Waals surface area (Å²) in [7, 11) is 0. The first kappa shape index (κ1) is 30.3. The molecule has 7 N–H and O–H groups in total. The Hall–Kier alpha value is -4.18. The second kappa shape index (κ2) is 11.8. The number of carbonyl (C=O) groups excluding carboxylic acids is 2. The Morgan fingerprint density at radius 1 is 1.09 bits per heavy atom. The van der Waals surface area contributed by atoms with E-state index in [4.69, 9.17) is 23.7 Å². The summed E-state index contributed by atoms with van der Waals surface area (Å²) in [6.45, 7) is 2.83. The Morgan fingerprint density at radius 3 is 2.56 bits per heavy atom. The summed E-state index contributed by atoms with van der Waals surface area (Å²) < 4.78 is 27.6. The predicted molar refractivity (Wildman–Crippen MR) is 142 cm³/mol. The van der Waals surface area contributed by atoms with E-state index in [0.29, 0.717) is 0 Å². The first-order valence-corrected chi connectivity index (χ1v) is 13.2. The van der Waals surface area contributed by atoms with Crippen LogP contribution in [0.25, 0.3) is 11.1 Å². The molecule has 0 spiro atoms. The number of phenols is 3. The number of aliphatic hydroxyl groups excluding tert-OH is 3. The Kier molecular flexibility index (Phi) is 8.34. The number of aliphatic hydroxyl groups is 4. The molecule has 5 rings (SSSR count). The molecule has 2 aromatic carbocycles. The maximum atomic E-state index is 13.5. The molecule has 0 bridgehead atoms. The highest BCUT2D eigenvalue weighted by atomic mass is 16.8. The number of benzene rings is 2. The van der Waals surface area contributed by atoms with E-state index in [-0.39, 0.29) is 35.5 Å². The number of cyclic esters (lactones) is 1. The lowest BCUT2D eigenvalue weighted by atomic mass is 9.76. The lowest BCUT2D eigenvalue weighted by Crippen LogP contribution is -2.62. The van der Waals surface area contributed by atoms with Crippen molar-refractivity contribution >= 4 is 11.9 Å². The molecule has 3 heterocycles. The van der Waals surface area contributed by atoms with Gasteiger partial charge >= 0.3 is 11.9 Å². The predicted octanol–water partition coefficient (Wildman–Crippen LogP) is 0.172. The molecule has 14 heteroatoms. The summed E-state index contributed by atoms with van der Waals surface area (Å²) in [6, 6.07) is 7.63. The van der Waals surface area contributed by atoms with Crippen LogP contribution < -0.4 is 0 Å². The maximum absolute atomic E-state index is 13.5. The topological polar surface area (TPSA) is 222 Å². The highest BCUT2D eigenvalue weighted by Gasteiger charge is 2.55. The van der Waals surface area contributed by atoms with Gasteiger partial charge in [0.1, 0.15) is 52.3 Å². The molecule has 0 aromatic heterocycles. The van der Waals surface area contributed by atoms with E-state index in [0.717, 1.165) is 18.4 Å². The zero-order chi connectivity index (χ0) is 31.1.